The van der Waals surface area contributed by atoms with E-state index < -0.39 is 70.7 Å². The van der Waals surface area contributed by atoms with Gasteiger partial charge in [0, 0.05) is 49.4 Å². The molecule has 4 aromatic heterocycles. The summed E-state index contributed by atoms with van der Waals surface area (Å²) in [6, 6.07) is 11.4. The van der Waals surface area contributed by atoms with Gasteiger partial charge in [-0.2, -0.15) is 19.9 Å². The summed E-state index contributed by atoms with van der Waals surface area (Å²) in [7, 11) is 6.19. The number of nitrogens with zero attached hydrogens (tertiary/aromatic N) is 10. The zero-order chi connectivity index (χ0) is 61.6. The van der Waals surface area contributed by atoms with Crippen molar-refractivity contribution in [2.75, 3.05) is 60.6 Å². The van der Waals surface area contributed by atoms with Crippen LogP contribution < -0.4 is 43.0 Å². The predicted molar refractivity (Wildman–Crippen MR) is 307 cm³/mol. The highest BCUT2D eigenvalue weighted by atomic mass is 16.6. The van der Waals surface area contributed by atoms with Crippen molar-refractivity contribution in [1.29, 1.82) is 0 Å². The standard InChI is InChI=1S/C30H40N8O7.C25H32N8O5/c1-29(2,3)44-26(41)20(13-14-21(39)43-8)34-25(40)17-9-11-19(12-10-17)38(7)16-18-15-32-23-22(33-18)24(36-27(31)35-23)37-28(42)45-30(4,5)6;1-25(2,3)38-23(36)17(10-11-18(34)37-5)30-22(35)14-6-8-16(9-7-14)33(4)13-15-12-28-21-19(29-15)20(26)31-24(27)32-21/h9-12,15,20H,13-14,16H2,1-8H3,(H,34,40)(H3,31,32,35,36,37,42);6-9,12,17H,10-11,13H2,1-5H3,(H,30,35)(H4,26,27,28,31,32)/t20-;17-/m00/s1. The van der Waals surface area contributed by atoms with E-state index in [0.717, 1.165) is 11.4 Å². The number of benzene rings is 2. The third-order valence-corrected chi connectivity index (χ3v) is 11.3. The van der Waals surface area contributed by atoms with Gasteiger partial charge in [-0.05, 0) is 124 Å². The van der Waals surface area contributed by atoms with E-state index in [4.69, 9.17) is 31.4 Å². The smallest absolute Gasteiger partial charge is 0.413 e. The Morgan fingerprint density at radius 2 is 0.916 bits per heavy atom. The number of carbonyl (C=O) groups excluding carboxylic acids is 7. The normalized spacial score (nSPS) is 12.1. The molecular formula is C55H72N16O12. The molecule has 0 radical (unpaired) electrons. The molecule has 6 rings (SSSR count). The molecule has 0 saturated heterocycles. The molecule has 0 unspecified atom stereocenters. The van der Waals surface area contributed by atoms with Crippen molar-refractivity contribution in [2.24, 2.45) is 0 Å². The van der Waals surface area contributed by atoms with E-state index in [1.54, 1.807) is 117 Å². The van der Waals surface area contributed by atoms with Crippen LogP contribution in [-0.4, -0.2) is 139 Å². The quantitative estimate of drug-likeness (QED) is 0.0459. The SMILES string of the molecule is COC(=O)CC[C@H](NC(=O)c1ccc(N(C)Cc2cnc3nc(N)nc(N)c3n2)cc1)C(=O)OC(C)(C)C.COC(=O)CC[C@H](NC(=O)c1ccc(N(C)Cc2cnc3nc(N)nc(NC(=O)OC(C)(C)C)c3n2)cc1)C(=O)OC(C)(C)C. The molecule has 0 aliphatic rings. The molecule has 0 bridgehead atoms. The predicted octanol–water partition coefficient (Wildman–Crippen LogP) is 4.99. The highest BCUT2D eigenvalue weighted by Gasteiger charge is 2.30. The maximum absolute atomic E-state index is 13.0. The molecule has 3 amide bonds. The number of ether oxygens (including phenoxy) is 5. The van der Waals surface area contributed by atoms with Crippen LogP contribution in [0.2, 0.25) is 0 Å². The van der Waals surface area contributed by atoms with Gasteiger partial charge in [-0.15, -0.1) is 0 Å². The summed E-state index contributed by atoms with van der Waals surface area (Å²) < 4.78 is 25.4. The molecule has 4 heterocycles. The molecule has 2 aromatic carbocycles. The number of nitrogens with one attached hydrogen (secondary N) is 3. The molecule has 0 fully saturated rings. The second kappa shape index (κ2) is 27.7. The van der Waals surface area contributed by atoms with Gasteiger partial charge in [0.15, 0.2) is 34.0 Å². The summed E-state index contributed by atoms with van der Waals surface area (Å²) >= 11 is 0. The molecule has 83 heavy (non-hydrogen) atoms. The van der Waals surface area contributed by atoms with Crippen LogP contribution in [-0.2, 0) is 56.0 Å². The van der Waals surface area contributed by atoms with Gasteiger partial charge in [0.25, 0.3) is 11.8 Å². The molecule has 444 valence electrons. The lowest BCUT2D eigenvalue weighted by Gasteiger charge is -2.24. The van der Waals surface area contributed by atoms with E-state index in [2.05, 4.69) is 65.3 Å². The van der Waals surface area contributed by atoms with Crippen LogP contribution in [0.1, 0.15) is 120 Å². The molecule has 0 aliphatic carbocycles. The first-order chi connectivity index (χ1) is 38.8. The Bertz CT molecular complexity index is 3310. The maximum atomic E-state index is 13.0. The molecular weight excluding hydrogens is 1080 g/mol. The first-order valence-electron chi connectivity index (χ1n) is 26.0. The Morgan fingerprint density at radius 1 is 0.530 bits per heavy atom. The van der Waals surface area contributed by atoms with Crippen LogP contribution >= 0.6 is 0 Å². The van der Waals surface area contributed by atoms with Gasteiger partial charge < -0.3 is 61.3 Å². The number of hydrogen-bond donors (Lipinski definition) is 6. The van der Waals surface area contributed by atoms with Crippen molar-refractivity contribution in [3.63, 3.8) is 0 Å². The number of esters is 4. The number of anilines is 6. The molecule has 28 nitrogen and oxygen atoms in total. The lowest BCUT2D eigenvalue weighted by atomic mass is 10.1. The molecule has 6 aromatic rings. The minimum absolute atomic E-state index is 0.0214. The van der Waals surface area contributed by atoms with E-state index in [-0.39, 0.29) is 60.4 Å². The molecule has 0 aliphatic heterocycles. The largest absolute Gasteiger partial charge is 0.469 e. The zero-order valence-electron chi connectivity index (χ0n) is 48.8. The first-order valence-corrected chi connectivity index (χ1v) is 26.0. The van der Waals surface area contributed by atoms with Crippen molar-refractivity contribution in [3.8, 4) is 0 Å². The number of hydrogen-bond acceptors (Lipinski definition) is 25. The summed E-state index contributed by atoms with van der Waals surface area (Å²) in [5, 5.41) is 7.89. The van der Waals surface area contributed by atoms with Crippen molar-refractivity contribution >= 4 is 99.0 Å². The number of fused-ring (bicyclic) bond motifs is 2. The second-order valence-corrected chi connectivity index (χ2v) is 21.7. The molecule has 0 spiro atoms. The fourth-order valence-electron chi connectivity index (χ4n) is 7.44. The van der Waals surface area contributed by atoms with Crippen molar-refractivity contribution in [3.05, 3.63) is 83.4 Å². The van der Waals surface area contributed by atoms with Gasteiger partial charge in [0.05, 0.1) is 51.1 Å². The van der Waals surface area contributed by atoms with Crippen LogP contribution in [0, 0.1) is 0 Å². The van der Waals surface area contributed by atoms with E-state index in [9.17, 15) is 33.6 Å². The number of aromatic nitrogens is 8. The van der Waals surface area contributed by atoms with Gasteiger partial charge in [-0.3, -0.25) is 24.5 Å². The number of nitrogens with two attached hydrogens (primary N) is 3. The lowest BCUT2D eigenvalue weighted by molar-refractivity contribution is -0.159. The Kier molecular flexibility index (Phi) is 21.4. The Labute approximate surface area is 479 Å². The Balaban J connectivity index is 0.000000308. The lowest BCUT2D eigenvalue weighted by Crippen LogP contribution is -2.44. The summed E-state index contributed by atoms with van der Waals surface area (Å²) in [5.41, 5.74) is 19.5. The molecule has 2 atom stereocenters. The van der Waals surface area contributed by atoms with Crippen LogP contribution in [0.4, 0.5) is 39.7 Å². The number of rotatable bonds is 19. The molecule has 28 heteroatoms. The number of nitrogen functional groups attached to an aromatic ring is 3. The highest BCUT2D eigenvalue weighted by Crippen LogP contribution is 2.24. The summed E-state index contributed by atoms with van der Waals surface area (Å²) in [5.74, 6) is -3.10. The fraction of sp³-hybridized carbons (Fsp3) is 0.436. The van der Waals surface area contributed by atoms with Gasteiger partial charge in [-0.25, -0.2) is 34.3 Å². The number of carbonyl (C=O) groups is 7. The average Bonchev–Trinajstić information content (AvgIpc) is 3.61. The summed E-state index contributed by atoms with van der Waals surface area (Å²) in [6.07, 6.45) is 2.34. The van der Waals surface area contributed by atoms with Crippen LogP contribution in [0.3, 0.4) is 0 Å². The van der Waals surface area contributed by atoms with Crippen LogP contribution in [0.5, 0.6) is 0 Å². The minimum atomic E-state index is -1.04. The van der Waals surface area contributed by atoms with Crippen LogP contribution in [0.25, 0.3) is 22.3 Å². The zero-order valence-corrected chi connectivity index (χ0v) is 48.8. The minimum Gasteiger partial charge on any atom is -0.469 e. The van der Waals surface area contributed by atoms with E-state index in [0.29, 0.717) is 46.8 Å². The number of methoxy groups -OCH3 is 2. The number of amides is 3. The van der Waals surface area contributed by atoms with Crippen molar-refractivity contribution in [2.45, 2.75) is 130 Å². The third-order valence-electron chi connectivity index (χ3n) is 11.3. The molecule has 0 saturated carbocycles. The topological polar surface area (TPSA) is 389 Å². The maximum Gasteiger partial charge on any atom is 0.413 e. The fourth-order valence-corrected chi connectivity index (χ4v) is 7.44. The second-order valence-electron chi connectivity index (χ2n) is 21.7. The molecule has 9 N–H and O–H groups in total. The van der Waals surface area contributed by atoms with Crippen molar-refractivity contribution < 1.29 is 57.2 Å². The highest BCUT2D eigenvalue weighted by molar-refractivity contribution is 5.98. The summed E-state index contributed by atoms with van der Waals surface area (Å²) in [4.78, 5) is 124. The van der Waals surface area contributed by atoms with E-state index in [1.165, 1.54) is 20.4 Å². The third kappa shape index (κ3) is 20.1. The van der Waals surface area contributed by atoms with Crippen molar-refractivity contribution in [1.82, 2.24) is 50.5 Å². The Hall–Kier alpha value is -9.63. The van der Waals surface area contributed by atoms with Gasteiger partial charge in [-0.1, -0.05) is 0 Å². The van der Waals surface area contributed by atoms with E-state index in [1.807, 2.05) is 23.9 Å². The van der Waals surface area contributed by atoms with E-state index >= 15 is 0 Å². The first kappa shape index (κ1) is 64.2. The monoisotopic (exact) mass is 1150 g/mol. The van der Waals surface area contributed by atoms with Gasteiger partial charge in [0.2, 0.25) is 11.9 Å². The van der Waals surface area contributed by atoms with Gasteiger partial charge >= 0.3 is 30.0 Å². The summed E-state index contributed by atoms with van der Waals surface area (Å²) in [6.45, 7) is 16.2. The average molecular weight is 1150 g/mol. The van der Waals surface area contributed by atoms with Gasteiger partial charge in [0.1, 0.15) is 28.9 Å². The Morgan fingerprint density at radius 3 is 1.31 bits per heavy atom. The van der Waals surface area contributed by atoms with Crippen LogP contribution in [0.15, 0.2) is 60.9 Å².